The molecule has 1 aromatic carbocycles. The molecule has 3 heteroatoms. The zero-order valence-corrected chi connectivity index (χ0v) is 13.0. The fourth-order valence-electron chi connectivity index (χ4n) is 2.14. The second-order valence-corrected chi connectivity index (χ2v) is 5.10. The first-order valence-corrected chi connectivity index (χ1v) is 7.11. The largest absolute Gasteiger partial charge is 0.497 e. The molecule has 0 heterocycles. The molecule has 0 amide bonds. The number of carbonyl (C=O) groups is 1. The van der Waals surface area contributed by atoms with Crippen molar-refractivity contribution in [3.05, 3.63) is 54.6 Å². The first kappa shape index (κ1) is 17.2. The molecule has 21 heavy (non-hydrogen) atoms. The summed E-state index contributed by atoms with van der Waals surface area (Å²) in [6, 6.07) is 7.73. The van der Waals surface area contributed by atoms with Crippen LogP contribution in [-0.4, -0.2) is 19.5 Å². The molecule has 0 aliphatic heterocycles. The Kier molecular flexibility index (Phi) is 7.48. The van der Waals surface area contributed by atoms with Crippen LogP contribution in [0.3, 0.4) is 0 Å². The number of hydrogen-bond acceptors (Lipinski definition) is 3. The predicted molar refractivity (Wildman–Crippen MR) is 85.3 cm³/mol. The van der Waals surface area contributed by atoms with Crippen LogP contribution in [0, 0.1) is 11.8 Å². The normalized spacial score (nSPS) is 15.4. The number of benzene rings is 1. The van der Waals surface area contributed by atoms with E-state index in [-0.39, 0.29) is 17.9 Å². The van der Waals surface area contributed by atoms with Gasteiger partial charge in [-0.3, -0.25) is 0 Å². The van der Waals surface area contributed by atoms with Gasteiger partial charge < -0.3 is 14.3 Å². The second kappa shape index (κ2) is 9.14. The Hall–Kier alpha value is -1.87. The average Bonchev–Trinajstić information content (AvgIpc) is 2.53. The molecule has 0 aromatic heterocycles. The minimum absolute atomic E-state index is 0.140. The third-order valence-electron chi connectivity index (χ3n) is 3.40. The number of carbonyl (C=O) groups excluding carboxylic acids is 1. The van der Waals surface area contributed by atoms with Crippen LogP contribution in [0.1, 0.15) is 19.4 Å². The van der Waals surface area contributed by atoms with Crippen LogP contribution >= 0.6 is 0 Å². The van der Waals surface area contributed by atoms with E-state index in [4.69, 9.17) is 9.47 Å². The Labute approximate surface area is 127 Å². The second-order valence-electron chi connectivity index (χ2n) is 5.10. The molecule has 0 bridgehead atoms. The lowest BCUT2D eigenvalue weighted by atomic mass is 9.93. The van der Waals surface area contributed by atoms with E-state index in [9.17, 15) is 4.79 Å². The fourth-order valence-corrected chi connectivity index (χ4v) is 2.14. The van der Waals surface area contributed by atoms with Crippen LogP contribution in [0.25, 0.3) is 0 Å². The molecule has 0 fully saturated rings. The molecule has 1 rings (SSSR count). The zero-order valence-electron chi connectivity index (χ0n) is 13.0. The SMILES string of the molecule is C=CC=CC(C)[C@H](OCc1ccc(OC)cc1)[C@@H](C)C=O. The summed E-state index contributed by atoms with van der Waals surface area (Å²) in [6.07, 6.45) is 6.40. The van der Waals surface area contributed by atoms with E-state index in [2.05, 4.69) is 6.58 Å². The minimum Gasteiger partial charge on any atom is -0.497 e. The fraction of sp³-hybridized carbons (Fsp3) is 0.389. The van der Waals surface area contributed by atoms with Gasteiger partial charge in [0.25, 0.3) is 0 Å². The molecule has 0 aliphatic carbocycles. The maximum absolute atomic E-state index is 11.1. The summed E-state index contributed by atoms with van der Waals surface area (Å²) in [5.41, 5.74) is 1.05. The van der Waals surface area contributed by atoms with Crippen LogP contribution in [-0.2, 0) is 16.1 Å². The minimum atomic E-state index is -0.160. The lowest BCUT2D eigenvalue weighted by molar-refractivity contribution is -0.117. The molecule has 0 radical (unpaired) electrons. The molecule has 1 unspecified atom stereocenters. The highest BCUT2D eigenvalue weighted by molar-refractivity contribution is 5.54. The standard InChI is InChI=1S/C18H24O3/c1-5-6-7-14(2)18(15(3)12-19)21-13-16-8-10-17(20-4)11-9-16/h5-12,14-15,18H,1,13H2,2-4H3/t14?,15-,18-/m0/s1. The summed E-state index contributed by atoms with van der Waals surface area (Å²) in [5.74, 6) is 0.799. The molecule has 0 saturated carbocycles. The Morgan fingerprint density at radius 3 is 2.38 bits per heavy atom. The summed E-state index contributed by atoms with van der Waals surface area (Å²) < 4.78 is 11.1. The van der Waals surface area contributed by atoms with Crippen molar-refractivity contribution in [3.8, 4) is 5.75 Å². The van der Waals surface area contributed by atoms with Gasteiger partial charge >= 0.3 is 0 Å². The van der Waals surface area contributed by atoms with Gasteiger partial charge in [-0.05, 0) is 17.7 Å². The number of hydrogen-bond donors (Lipinski definition) is 0. The van der Waals surface area contributed by atoms with Crippen molar-refractivity contribution in [2.24, 2.45) is 11.8 Å². The molecule has 3 nitrogen and oxygen atoms in total. The van der Waals surface area contributed by atoms with Gasteiger partial charge in [-0.15, -0.1) is 0 Å². The van der Waals surface area contributed by atoms with Crippen LogP contribution < -0.4 is 4.74 Å². The van der Waals surface area contributed by atoms with Crippen molar-refractivity contribution >= 4 is 6.29 Å². The monoisotopic (exact) mass is 288 g/mol. The van der Waals surface area contributed by atoms with Crippen molar-refractivity contribution in [2.75, 3.05) is 7.11 Å². The van der Waals surface area contributed by atoms with Gasteiger partial charge in [0.05, 0.1) is 19.8 Å². The summed E-state index contributed by atoms with van der Waals surface area (Å²) in [4.78, 5) is 11.1. The van der Waals surface area contributed by atoms with Crippen LogP contribution in [0.5, 0.6) is 5.75 Å². The number of rotatable bonds is 9. The van der Waals surface area contributed by atoms with E-state index in [0.717, 1.165) is 17.6 Å². The molecular weight excluding hydrogens is 264 g/mol. The Balaban J connectivity index is 2.69. The van der Waals surface area contributed by atoms with E-state index in [1.165, 1.54) is 0 Å². The van der Waals surface area contributed by atoms with Gasteiger partial charge in [-0.25, -0.2) is 0 Å². The topological polar surface area (TPSA) is 35.5 Å². The summed E-state index contributed by atoms with van der Waals surface area (Å²) in [6.45, 7) is 8.05. The Morgan fingerprint density at radius 2 is 1.86 bits per heavy atom. The third-order valence-corrected chi connectivity index (χ3v) is 3.40. The Morgan fingerprint density at radius 1 is 1.19 bits per heavy atom. The third kappa shape index (κ3) is 5.56. The highest BCUT2D eigenvalue weighted by Crippen LogP contribution is 2.20. The van der Waals surface area contributed by atoms with E-state index in [1.807, 2.05) is 50.3 Å². The highest BCUT2D eigenvalue weighted by Gasteiger charge is 2.22. The van der Waals surface area contributed by atoms with Gasteiger partial charge in [0.15, 0.2) is 0 Å². The molecule has 3 atom stereocenters. The first-order chi connectivity index (χ1) is 10.1. The summed E-state index contributed by atoms with van der Waals surface area (Å²) in [7, 11) is 1.64. The van der Waals surface area contributed by atoms with Crippen molar-refractivity contribution in [1.29, 1.82) is 0 Å². The lowest BCUT2D eigenvalue weighted by Crippen LogP contribution is -2.29. The number of methoxy groups -OCH3 is 1. The van der Waals surface area contributed by atoms with Gasteiger partial charge in [-0.2, -0.15) is 0 Å². The lowest BCUT2D eigenvalue weighted by Gasteiger charge is -2.25. The average molecular weight is 288 g/mol. The van der Waals surface area contributed by atoms with Gasteiger partial charge in [0.2, 0.25) is 0 Å². The quantitative estimate of drug-likeness (QED) is 0.512. The Bertz CT molecular complexity index is 462. The van der Waals surface area contributed by atoms with Crippen LogP contribution in [0.4, 0.5) is 0 Å². The first-order valence-electron chi connectivity index (χ1n) is 7.11. The molecule has 114 valence electrons. The predicted octanol–water partition coefficient (Wildman–Crippen LogP) is 3.79. The highest BCUT2D eigenvalue weighted by atomic mass is 16.5. The van der Waals surface area contributed by atoms with Gasteiger partial charge in [0.1, 0.15) is 12.0 Å². The van der Waals surface area contributed by atoms with Crippen molar-refractivity contribution < 1.29 is 14.3 Å². The van der Waals surface area contributed by atoms with Crippen LogP contribution in [0.2, 0.25) is 0 Å². The number of ether oxygens (including phenoxy) is 2. The molecule has 0 aliphatic rings. The van der Waals surface area contributed by atoms with Crippen molar-refractivity contribution in [3.63, 3.8) is 0 Å². The van der Waals surface area contributed by atoms with E-state index in [1.54, 1.807) is 13.2 Å². The van der Waals surface area contributed by atoms with Crippen molar-refractivity contribution in [2.45, 2.75) is 26.6 Å². The van der Waals surface area contributed by atoms with Gasteiger partial charge in [-0.1, -0.05) is 50.8 Å². The van der Waals surface area contributed by atoms with E-state index < -0.39 is 0 Å². The molecule has 0 spiro atoms. The number of aldehydes is 1. The smallest absolute Gasteiger partial charge is 0.125 e. The number of allylic oxidation sites excluding steroid dienone is 2. The zero-order chi connectivity index (χ0) is 15.7. The molecule has 1 aromatic rings. The van der Waals surface area contributed by atoms with Crippen molar-refractivity contribution in [1.82, 2.24) is 0 Å². The molecule has 0 N–H and O–H groups in total. The molecular formula is C18H24O3. The van der Waals surface area contributed by atoms with Crippen LogP contribution in [0.15, 0.2) is 49.1 Å². The summed E-state index contributed by atoms with van der Waals surface area (Å²) in [5, 5.41) is 0. The van der Waals surface area contributed by atoms with E-state index in [0.29, 0.717) is 6.61 Å². The van der Waals surface area contributed by atoms with Gasteiger partial charge in [0, 0.05) is 11.8 Å². The maximum Gasteiger partial charge on any atom is 0.125 e. The van der Waals surface area contributed by atoms with E-state index >= 15 is 0 Å². The summed E-state index contributed by atoms with van der Waals surface area (Å²) >= 11 is 0. The maximum atomic E-state index is 11.1. The molecule has 0 saturated heterocycles.